The molecule has 1 amide bonds. The standard InChI is InChI=1S/C14H27NO4/c1-5-14(6-2,10-13(17)18)15-12(16)8-7-9-19-11(3)4/h11H,5-10H2,1-4H3,(H,15,16)(H,17,18). The fourth-order valence-electron chi connectivity index (χ4n) is 1.92. The fourth-order valence-corrected chi connectivity index (χ4v) is 1.92. The zero-order valence-corrected chi connectivity index (χ0v) is 12.5. The Morgan fingerprint density at radius 1 is 1.26 bits per heavy atom. The van der Waals surface area contributed by atoms with Crippen LogP contribution in [0.4, 0.5) is 0 Å². The molecule has 0 aliphatic rings. The predicted octanol–water partition coefficient (Wildman–Crippen LogP) is 2.34. The number of carbonyl (C=O) groups is 2. The molecule has 0 aliphatic carbocycles. The first-order chi connectivity index (χ1) is 8.85. The van der Waals surface area contributed by atoms with Crippen LogP contribution in [0.2, 0.25) is 0 Å². The molecule has 0 saturated carbocycles. The van der Waals surface area contributed by atoms with Crippen LogP contribution >= 0.6 is 0 Å². The minimum Gasteiger partial charge on any atom is -0.481 e. The molecule has 5 nitrogen and oxygen atoms in total. The molecule has 0 bridgehead atoms. The van der Waals surface area contributed by atoms with Crippen LogP contribution in [-0.2, 0) is 14.3 Å². The number of ether oxygens (including phenoxy) is 1. The van der Waals surface area contributed by atoms with Crippen LogP contribution in [0.5, 0.6) is 0 Å². The van der Waals surface area contributed by atoms with Crippen molar-refractivity contribution < 1.29 is 19.4 Å². The molecule has 0 aromatic carbocycles. The highest BCUT2D eigenvalue weighted by atomic mass is 16.5. The molecule has 112 valence electrons. The highest BCUT2D eigenvalue weighted by Crippen LogP contribution is 2.20. The third kappa shape index (κ3) is 7.82. The summed E-state index contributed by atoms with van der Waals surface area (Å²) in [5.74, 6) is -0.982. The predicted molar refractivity (Wildman–Crippen MR) is 74.0 cm³/mol. The Labute approximate surface area is 115 Å². The molecule has 2 N–H and O–H groups in total. The minimum atomic E-state index is -0.882. The van der Waals surface area contributed by atoms with Crippen molar-refractivity contribution in [3.8, 4) is 0 Å². The second-order valence-electron chi connectivity index (χ2n) is 5.13. The molecule has 0 aromatic rings. The number of amides is 1. The molecule has 19 heavy (non-hydrogen) atoms. The number of hydrogen-bond acceptors (Lipinski definition) is 3. The number of hydrogen-bond donors (Lipinski definition) is 2. The summed E-state index contributed by atoms with van der Waals surface area (Å²) in [6.45, 7) is 8.25. The zero-order chi connectivity index (χ0) is 14.9. The van der Waals surface area contributed by atoms with Crippen molar-refractivity contribution >= 4 is 11.9 Å². The van der Waals surface area contributed by atoms with Gasteiger partial charge < -0.3 is 15.2 Å². The maximum Gasteiger partial charge on any atom is 0.305 e. The van der Waals surface area contributed by atoms with Crippen molar-refractivity contribution in [2.45, 2.75) is 71.4 Å². The lowest BCUT2D eigenvalue weighted by Gasteiger charge is -2.31. The average molecular weight is 273 g/mol. The molecule has 0 heterocycles. The molecule has 0 spiro atoms. The number of aliphatic carboxylic acids is 1. The third-order valence-electron chi connectivity index (χ3n) is 3.25. The summed E-state index contributed by atoms with van der Waals surface area (Å²) in [6.07, 6.45) is 2.39. The van der Waals surface area contributed by atoms with E-state index in [1.807, 2.05) is 27.7 Å². The van der Waals surface area contributed by atoms with Crippen LogP contribution < -0.4 is 5.32 Å². The van der Waals surface area contributed by atoms with Crippen molar-refractivity contribution in [1.82, 2.24) is 5.32 Å². The van der Waals surface area contributed by atoms with Gasteiger partial charge in [0.05, 0.1) is 12.5 Å². The SMILES string of the molecule is CCC(CC)(CC(=O)O)NC(=O)CCCOC(C)C. The molecule has 0 atom stereocenters. The zero-order valence-electron chi connectivity index (χ0n) is 12.5. The molecule has 0 saturated heterocycles. The van der Waals surface area contributed by atoms with Gasteiger partial charge >= 0.3 is 5.97 Å². The molecule has 0 unspecified atom stereocenters. The number of carboxylic acids is 1. The van der Waals surface area contributed by atoms with Crippen molar-refractivity contribution in [2.75, 3.05) is 6.61 Å². The van der Waals surface area contributed by atoms with Crippen LogP contribution in [-0.4, -0.2) is 35.2 Å². The summed E-state index contributed by atoms with van der Waals surface area (Å²) in [5.41, 5.74) is -0.623. The van der Waals surface area contributed by atoms with Gasteiger partial charge in [-0.15, -0.1) is 0 Å². The van der Waals surface area contributed by atoms with Gasteiger partial charge in [-0.25, -0.2) is 0 Å². The molecular formula is C14H27NO4. The molecule has 0 aliphatic heterocycles. The Morgan fingerprint density at radius 2 is 1.84 bits per heavy atom. The van der Waals surface area contributed by atoms with Crippen LogP contribution in [0.15, 0.2) is 0 Å². The van der Waals surface area contributed by atoms with Gasteiger partial charge in [0.2, 0.25) is 5.91 Å². The van der Waals surface area contributed by atoms with Gasteiger partial charge in [0.25, 0.3) is 0 Å². The molecular weight excluding hydrogens is 246 g/mol. The van der Waals surface area contributed by atoms with Crippen LogP contribution in [0, 0.1) is 0 Å². The van der Waals surface area contributed by atoms with Gasteiger partial charge in [-0.3, -0.25) is 9.59 Å². The highest BCUT2D eigenvalue weighted by Gasteiger charge is 2.30. The minimum absolute atomic E-state index is 0.0335. The summed E-state index contributed by atoms with van der Waals surface area (Å²) >= 11 is 0. The number of rotatable bonds is 10. The average Bonchev–Trinajstić information content (AvgIpc) is 2.33. The number of carboxylic acid groups (broad SMARTS) is 1. The summed E-state index contributed by atoms with van der Waals surface area (Å²) in [7, 11) is 0. The maximum atomic E-state index is 11.8. The molecule has 0 rings (SSSR count). The first-order valence-electron chi connectivity index (χ1n) is 6.99. The third-order valence-corrected chi connectivity index (χ3v) is 3.25. The molecule has 0 radical (unpaired) electrons. The number of carbonyl (C=O) groups excluding carboxylic acids is 1. The second-order valence-corrected chi connectivity index (χ2v) is 5.13. The lowest BCUT2D eigenvalue weighted by atomic mass is 9.88. The smallest absolute Gasteiger partial charge is 0.305 e. The van der Waals surface area contributed by atoms with E-state index in [2.05, 4.69) is 5.32 Å². The van der Waals surface area contributed by atoms with Gasteiger partial charge in [0.15, 0.2) is 0 Å². The van der Waals surface area contributed by atoms with E-state index in [0.717, 1.165) is 0 Å². The van der Waals surface area contributed by atoms with Gasteiger partial charge in [-0.05, 0) is 33.1 Å². The van der Waals surface area contributed by atoms with E-state index in [4.69, 9.17) is 9.84 Å². The van der Waals surface area contributed by atoms with Crippen molar-refractivity contribution in [2.24, 2.45) is 0 Å². The van der Waals surface area contributed by atoms with E-state index in [9.17, 15) is 9.59 Å². The van der Waals surface area contributed by atoms with Crippen molar-refractivity contribution in [3.63, 3.8) is 0 Å². The van der Waals surface area contributed by atoms with E-state index < -0.39 is 11.5 Å². The highest BCUT2D eigenvalue weighted by molar-refractivity contribution is 5.78. The Bertz CT molecular complexity index is 285. The molecule has 0 fully saturated rings. The summed E-state index contributed by atoms with van der Waals surface area (Å²) in [5, 5.41) is 11.8. The van der Waals surface area contributed by atoms with Crippen molar-refractivity contribution in [1.29, 1.82) is 0 Å². The summed E-state index contributed by atoms with van der Waals surface area (Å²) in [6, 6.07) is 0. The Balaban J connectivity index is 4.20. The Hall–Kier alpha value is -1.10. The van der Waals surface area contributed by atoms with E-state index in [0.29, 0.717) is 32.3 Å². The van der Waals surface area contributed by atoms with Gasteiger partial charge in [0, 0.05) is 18.6 Å². The number of nitrogens with one attached hydrogen (secondary N) is 1. The molecule has 0 aromatic heterocycles. The normalized spacial score (nSPS) is 11.6. The fraction of sp³-hybridized carbons (Fsp3) is 0.857. The second kappa shape index (κ2) is 8.91. The summed E-state index contributed by atoms with van der Waals surface area (Å²) < 4.78 is 5.37. The van der Waals surface area contributed by atoms with E-state index in [1.165, 1.54) is 0 Å². The van der Waals surface area contributed by atoms with Crippen molar-refractivity contribution in [3.05, 3.63) is 0 Å². The van der Waals surface area contributed by atoms with Gasteiger partial charge in [0.1, 0.15) is 0 Å². The maximum absolute atomic E-state index is 11.8. The molecule has 5 heteroatoms. The first kappa shape index (κ1) is 17.9. The van der Waals surface area contributed by atoms with Gasteiger partial charge in [-0.2, -0.15) is 0 Å². The van der Waals surface area contributed by atoms with Gasteiger partial charge in [-0.1, -0.05) is 13.8 Å². The largest absolute Gasteiger partial charge is 0.481 e. The lowest BCUT2D eigenvalue weighted by molar-refractivity contribution is -0.139. The Kier molecular flexibility index (Phi) is 8.39. The first-order valence-corrected chi connectivity index (χ1v) is 6.99. The van der Waals surface area contributed by atoms with Crippen LogP contribution in [0.3, 0.4) is 0 Å². The summed E-state index contributed by atoms with van der Waals surface area (Å²) in [4.78, 5) is 22.7. The van der Waals surface area contributed by atoms with E-state index >= 15 is 0 Å². The topological polar surface area (TPSA) is 75.6 Å². The van der Waals surface area contributed by atoms with Crippen LogP contribution in [0.25, 0.3) is 0 Å². The monoisotopic (exact) mass is 273 g/mol. The lowest BCUT2D eigenvalue weighted by Crippen LogP contribution is -2.49. The van der Waals surface area contributed by atoms with E-state index in [1.54, 1.807) is 0 Å². The van der Waals surface area contributed by atoms with Crippen LogP contribution in [0.1, 0.15) is 59.8 Å². The van der Waals surface area contributed by atoms with E-state index in [-0.39, 0.29) is 18.4 Å². The Morgan fingerprint density at radius 3 is 2.26 bits per heavy atom. The quantitative estimate of drug-likeness (QED) is 0.599.